The molecule has 3 aromatic rings. The van der Waals surface area contributed by atoms with E-state index in [1.807, 2.05) is 0 Å². The number of furan rings is 1. The molecule has 1 amide bonds. The summed E-state index contributed by atoms with van der Waals surface area (Å²) in [5, 5.41) is 2.68. The zero-order valence-corrected chi connectivity index (χ0v) is 14.1. The first-order chi connectivity index (χ1) is 12.9. The van der Waals surface area contributed by atoms with Crippen molar-refractivity contribution < 1.29 is 27.1 Å². The molecule has 0 saturated carbocycles. The molecule has 1 saturated heterocycles. The average molecular weight is 379 g/mol. The summed E-state index contributed by atoms with van der Waals surface area (Å²) in [7, 11) is 0. The first-order valence-corrected chi connectivity index (χ1v) is 8.44. The van der Waals surface area contributed by atoms with Gasteiger partial charge in [0.2, 0.25) is 5.95 Å². The van der Waals surface area contributed by atoms with Crippen molar-refractivity contribution >= 4 is 22.9 Å². The van der Waals surface area contributed by atoms with Crippen LogP contribution in [0, 0.1) is 0 Å². The Kier molecular flexibility index (Phi) is 4.39. The highest BCUT2D eigenvalue weighted by Gasteiger charge is 2.31. The number of rotatable bonds is 4. The van der Waals surface area contributed by atoms with Gasteiger partial charge >= 0.3 is 6.18 Å². The number of nitrogens with one attached hydrogen (secondary N) is 1. The fourth-order valence-corrected chi connectivity index (χ4v) is 3.10. The minimum Gasteiger partial charge on any atom is -0.467 e. The van der Waals surface area contributed by atoms with Crippen LogP contribution in [0.5, 0.6) is 0 Å². The van der Waals surface area contributed by atoms with E-state index < -0.39 is 17.8 Å². The Hall–Kier alpha value is -2.81. The standard InChI is InChI=1S/C18H16F3N3O3/c19-18(20,21)11-5-6-14-13(9-11)22-17(23-16(25)15-4-2-8-27-15)24(14)10-12-3-1-7-26-12/h1,3,5-7,9,15H,2,4,8,10H2,(H,22,23,25). The second-order valence-electron chi connectivity index (χ2n) is 6.29. The SMILES string of the molecule is O=C(Nc1nc2cc(C(F)(F)F)ccc2n1Cc1ccco1)C1CCCO1. The minimum atomic E-state index is -4.47. The van der Waals surface area contributed by atoms with Crippen molar-refractivity contribution in [2.45, 2.75) is 31.7 Å². The van der Waals surface area contributed by atoms with Gasteiger partial charge in [0, 0.05) is 6.61 Å². The van der Waals surface area contributed by atoms with Crippen molar-refractivity contribution in [3.63, 3.8) is 0 Å². The van der Waals surface area contributed by atoms with Crippen molar-refractivity contribution in [3.05, 3.63) is 47.9 Å². The topological polar surface area (TPSA) is 69.3 Å². The molecule has 1 aliphatic heterocycles. The summed E-state index contributed by atoms with van der Waals surface area (Å²) in [5.74, 6) is 0.377. The molecule has 0 bridgehead atoms. The molecule has 9 heteroatoms. The molecular formula is C18H16F3N3O3. The number of hydrogen-bond donors (Lipinski definition) is 1. The van der Waals surface area contributed by atoms with Crippen molar-refractivity contribution in [2.75, 3.05) is 11.9 Å². The van der Waals surface area contributed by atoms with Gasteiger partial charge in [-0.3, -0.25) is 10.1 Å². The molecule has 27 heavy (non-hydrogen) atoms. The third-order valence-electron chi connectivity index (χ3n) is 4.43. The molecular weight excluding hydrogens is 363 g/mol. The van der Waals surface area contributed by atoms with Crippen LogP contribution in [0.15, 0.2) is 41.0 Å². The van der Waals surface area contributed by atoms with Crippen molar-refractivity contribution in [1.29, 1.82) is 0 Å². The summed E-state index contributed by atoms with van der Waals surface area (Å²) in [5.41, 5.74) is -0.198. The fraction of sp³-hybridized carbons (Fsp3) is 0.333. The molecule has 6 nitrogen and oxygen atoms in total. The van der Waals surface area contributed by atoms with Gasteiger partial charge in [0.15, 0.2) is 0 Å². The number of carbonyl (C=O) groups is 1. The van der Waals surface area contributed by atoms with Gasteiger partial charge < -0.3 is 13.7 Å². The number of hydrogen-bond acceptors (Lipinski definition) is 4. The summed E-state index contributed by atoms with van der Waals surface area (Å²) < 4.78 is 51.3. The van der Waals surface area contributed by atoms with E-state index >= 15 is 0 Å². The van der Waals surface area contributed by atoms with Crippen molar-refractivity contribution in [3.8, 4) is 0 Å². The molecule has 1 fully saturated rings. The Morgan fingerprint density at radius 2 is 2.19 bits per heavy atom. The third kappa shape index (κ3) is 3.55. The van der Waals surface area contributed by atoms with Gasteiger partial charge in [-0.2, -0.15) is 13.2 Å². The van der Waals surface area contributed by atoms with E-state index in [1.54, 1.807) is 16.7 Å². The lowest BCUT2D eigenvalue weighted by Gasteiger charge is -2.12. The van der Waals surface area contributed by atoms with Crippen LogP contribution in [0.3, 0.4) is 0 Å². The average Bonchev–Trinajstić information content (AvgIpc) is 3.36. The van der Waals surface area contributed by atoms with E-state index in [0.29, 0.717) is 24.3 Å². The normalized spacial score (nSPS) is 17.5. The third-order valence-corrected chi connectivity index (χ3v) is 4.43. The Morgan fingerprint density at radius 1 is 1.33 bits per heavy atom. The number of benzene rings is 1. The largest absolute Gasteiger partial charge is 0.467 e. The number of carbonyl (C=O) groups excluding carboxylic acids is 1. The summed E-state index contributed by atoms with van der Waals surface area (Å²) in [6.07, 6.45) is -2.16. The van der Waals surface area contributed by atoms with Crippen LogP contribution in [-0.2, 0) is 22.3 Å². The molecule has 0 radical (unpaired) electrons. The molecule has 1 N–H and O–H groups in total. The molecule has 0 aliphatic carbocycles. The highest BCUT2D eigenvalue weighted by molar-refractivity contribution is 5.94. The van der Waals surface area contributed by atoms with E-state index in [2.05, 4.69) is 10.3 Å². The van der Waals surface area contributed by atoms with Crippen LogP contribution in [0.1, 0.15) is 24.2 Å². The number of imidazole rings is 1. The molecule has 1 unspecified atom stereocenters. The van der Waals surface area contributed by atoms with E-state index in [1.165, 1.54) is 12.3 Å². The van der Waals surface area contributed by atoms with E-state index in [9.17, 15) is 18.0 Å². The van der Waals surface area contributed by atoms with Gasteiger partial charge in [0.25, 0.3) is 5.91 Å². The van der Waals surface area contributed by atoms with Crippen LogP contribution in [0.2, 0.25) is 0 Å². The number of halogens is 3. The molecule has 142 valence electrons. The second-order valence-corrected chi connectivity index (χ2v) is 6.29. The first-order valence-electron chi connectivity index (χ1n) is 8.44. The molecule has 3 heterocycles. The minimum absolute atomic E-state index is 0.138. The molecule has 1 atom stereocenters. The number of nitrogens with zero attached hydrogens (tertiary/aromatic N) is 2. The van der Waals surface area contributed by atoms with E-state index in [-0.39, 0.29) is 23.9 Å². The maximum atomic E-state index is 13.0. The summed E-state index contributed by atoms with van der Waals surface area (Å²) in [6.45, 7) is 0.728. The van der Waals surface area contributed by atoms with Crippen LogP contribution < -0.4 is 5.32 Å². The van der Waals surface area contributed by atoms with Gasteiger partial charge in [0.05, 0.1) is 29.4 Å². The quantitative estimate of drug-likeness (QED) is 0.748. The lowest BCUT2D eigenvalue weighted by molar-refractivity contribution is -0.137. The molecule has 1 aliphatic rings. The number of amides is 1. The van der Waals surface area contributed by atoms with E-state index in [4.69, 9.17) is 9.15 Å². The summed E-state index contributed by atoms with van der Waals surface area (Å²) in [4.78, 5) is 16.6. The Morgan fingerprint density at radius 3 is 2.85 bits per heavy atom. The number of anilines is 1. The van der Waals surface area contributed by atoms with Crippen molar-refractivity contribution in [1.82, 2.24) is 9.55 Å². The van der Waals surface area contributed by atoms with Crippen LogP contribution in [0.25, 0.3) is 11.0 Å². The predicted molar refractivity (Wildman–Crippen MR) is 90.1 cm³/mol. The van der Waals surface area contributed by atoms with Crippen molar-refractivity contribution in [2.24, 2.45) is 0 Å². The van der Waals surface area contributed by atoms with Crippen LogP contribution >= 0.6 is 0 Å². The summed E-state index contributed by atoms with van der Waals surface area (Å²) >= 11 is 0. The Labute approximate surface area is 151 Å². The molecule has 2 aromatic heterocycles. The van der Waals surface area contributed by atoms with Crippen LogP contribution in [0.4, 0.5) is 19.1 Å². The molecule has 1 aromatic carbocycles. The number of alkyl halides is 3. The van der Waals surface area contributed by atoms with Crippen LogP contribution in [-0.4, -0.2) is 28.2 Å². The second kappa shape index (κ2) is 6.73. The highest BCUT2D eigenvalue weighted by atomic mass is 19.4. The van der Waals surface area contributed by atoms with Gasteiger partial charge in [-0.05, 0) is 43.2 Å². The fourth-order valence-electron chi connectivity index (χ4n) is 3.10. The smallest absolute Gasteiger partial charge is 0.416 e. The Balaban J connectivity index is 1.73. The van der Waals surface area contributed by atoms with E-state index in [0.717, 1.165) is 18.6 Å². The first kappa shape index (κ1) is 17.6. The highest BCUT2D eigenvalue weighted by Crippen LogP contribution is 2.32. The maximum Gasteiger partial charge on any atom is 0.416 e. The monoisotopic (exact) mass is 379 g/mol. The maximum absolute atomic E-state index is 13.0. The Bertz CT molecular complexity index is 958. The van der Waals surface area contributed by atoms with Gasteiger partial charge in [-0.1, -0.05) is 0 Å². The van der Waals surface area contributed by atoms with Gasteiger partial charge in [0.1, 0.15) is 11.9 Å². The summed E-state index contributed by atoms with van der Waals surface area (Å²) in [6, 6.07) is 6.75. The predicted octanol–water partition coefficient (Wildman–Crippen LogP) is 3.81. The van der Waals surface area contributed by atoms with Gasteiger partial charge in [-0.15, -0.1) is 0 Å². The molecule has 4 rings (SSSR count). The number of aromatic nitrogens is 2. The zero-order valence-electron chi connectivity index (χ0n) is 14.1. The van der Waals surface area contributed by atoms with Gasteiger partial charge in [-0.25, -0.2) is 4.98 Å². The lowest BCUT2D eigenvalue weighted by Crippen LogP contribution is -2.28. The molecule has 0 spiro atoms. The zero-order chi connectivity index (χ0) is 19.0. The number of ether oxygens (including phenoxy) is 1. The lowest BCUT2D eigenvalue weighted by atomic mass is 10.2. The number of fused-ring (bicyclic) bond motifs is 1.